The van der Waals surface area contributed by atoms with Crippen LogP contribution < -0.4 is 11.3 Å². The van der Waals surface area contributed by atoms with Crippen molar-refractivity contribution in [3.63, 3.8) is 0 Å². The first kappa shape index (κ1) is 8.35. The van der Waals surface area contributed by atoms with Crippen LogP contribution >= 0.6 is 0 Å². The summed E-state index contributed by atoms with van der Waals surface area (Å²) < 4.78 is 9.08. The van der Waals surface area contributed by atoms with Gasteiger partial charge in [0.05, 0.1) is 0 Å². The Bertz CT molecular complexity index is 91.8. The molecule has 0 spiro atoms. The number of carbonyl (C=O) groups excluding carboxylic acids is 1. The first-order valence-corrected chi connectivity index (χ1v) is 2.32. The molecule has 9 heavy (non-hydrogen) atoms. The van der Waals surface area contributed by atoms with E-state index >= 15 is 0 Å². The number of amides is 1. The first-order valence-electron chi connectivity index (χ1n) is 2.32. The Morgan fingerprint density at radius 3 is 2.11 bits per heavy atom. The molecule has 0 unspecified atom stereocenters. The number of carbonyl (C=O) groups is 1. The molecule has 0 heterocycles. The van der Waals surface area contributed by atoms with E-state index < -0.39 is 12.2 Å². The Morgan fingerprint density at radius 2 is 2.00 bits per heavy atom. The molecule has 0 aliphatic rings. The fraction of sp³-hybridized carbons (Fsp3) is 0.750. The van der Waals surface area contributed by atoms with Gasteiger partial charge in [-0.15, -0.1) is 0 Å². The molecule has 0 radical (unpaired) electrons. The van der Waals surface area contributed by atoms with E-state index in [2.05, 4.69) is 9.47 Å². The molecule has 5 heteroatoms. The fourth-order valence-electron chi connectivity index (χ4n) is 0.378. The molecule has 0 aromatic carbocycles. The fourth-order valence-corrected chi connectivity index (χ4v) is 0.378. The second-order valence-electron chi connectivity index (χ2n) is 1.31. The van der Waals surface area contributed by atoms with Crippen LogP contribution in [0.5, 0.6) is 0 Å². The van der Waals surface area contributed by atoms with Gasteiger partial charge in [0.25, 0.3) is 5.91 Å². The average Bonchev–Trinajstić information content (AvgIpc) is 1.90. The maximum Gasteiger partial charge on any atom is 0.290 e. The molecule has 0 aliphatic heterocycles. The minimum atomic E-state index is -0.907. The average molecular weight is 134 g/mol. The van der Waals surface area contributed by atoms with E-state index in [1.54, 1.807) is 0 Å². The van der Waals surface area contributed by atoms with Gasteiger partial charge < -0.3 is 9.47 Å². The molecule has 1 amide bonds. The van der Waals surface area contributed by atoms with Gasteiger partial charge in [0.1, 0.15) is 0 Å². The molecular formula is C4H10N2O3. The normalized spacial score (nSPS) is 9.78. The van der Waals surface area contributed by atoms with Gasteiger partial charge in [-0.2, -0.15) is 0 Å². The molecular weight excluding hydrogens is 124 g/mol. The van der Waals surface area contributed by atoms with E-state index in [0.717, 1.165) is 0 Å². The number of hydrogen-bond acceptors (Lipinski definition) is 4. The summed E-state index contributed by atoms with van der Waals surface area (Å²) in [6.07, 6.45) is -0.907. The largest absolute Gasteiger partial charge is 0.348 e. The van der Waals surface area contributed by atoms with Crippen LogP contribution in [-0.2, 0) is 14.3 Å². The minimum absolute atomic E-state index is 0.500. The third-order valence-electron chi connectivity index (χ3n) is 0.784. The summed E-state index contributed by atoms with van der Waals surface area (Å²) in [5.74, 6) is 4.26. The lowest BCUT2D eigenvalue weighted by molar-refractivity contribution is -0.159. The molecule has 0 rings (SSSR count). The summed E-state index contributed by atoms with van der Waals surface area (Å²) >= 11 is 0. The van der Waals surface area contributed by atoms with E-state index in [4.69, 9.17) is 5.84 Å². The number of nitrogens with one attached hydrogen (secondary N) is 1. The summed E-state index contributed by atoms with van der Waals surface area (Å²) in [4.78, 5) is 10.5. The number of hydrazine groups is 1. The highest BCUT2D eigenvalue weighted by Crippen LogP contribution is 1.87. The van der Waals surface area contributed by atoms with Crippen molar-refractivity contribution in [1.29, 1.82) is 0 Å². The molecule has 0 aliphatic carbocycles. The van der Waals surface area contributed by atoms with Gasteiger partial charge in [0, 0.05) is 14.2 Å². The lowest BCUT2D eigenvalue weighted by Gasteiger charge is -2.09. The lowest BCUT2D eigenvalue weighted by Crippen LogP contribution is -2.40. The smallest absolute Gasteiger partial charge is 0.290 e. The zero-order chi connectivity index (χ0) is 7.28. The highest BCUT2D eigenvalue weighted by atomic mass is 16.7. The standard InChI is InChI=1S/C4H10N2O3/c1-8-4(9-2)3(7)6-5/h4H,5H2,1-2H3,(H,6,7). The maximum atomic E-state index is 10.5. The van der Waals surface area contributed by atoms with Gasteiger partial charge >= 0.3 is 0 Å². The second kappa shape index (κ2) is 4.25. The van der Waals surface area contributed by atoms with Crippen molar-refractivity contribution in [2.24, 2.45) is 5.84 Å². The third-order valence-corrected chi connectivity index (χ3v) is 0.784. The van der Waals surface area contributed by atoms with Crippen molar-refractivity contribution in [3.8, 4) is 0 Å². The van der Waals surface area contributed by atoms with Gasteiger partial charge in [-0.05, 0) is 0 Å². The highest BCUT2D eigenvalue weighted by molar-refractivity contribution is 5.78. The van der Waals surface area contributed by atoms with Crippen LogP contribution in [0.15, 0.2) is 0 Å². The quantitative estimate of drug-likeness (QED) is 0.215. The van der Waals surface area contributed by atoms with Gasteiger partial charge in [0.15, 0.2) is 0 Å². The van der Waals surface area contributed by atoms with Crippen LogP contribution in [0, 0.1) is 0 Å². The first-order chi connectivity index (χ1) is 4.26. The maximum absolute atomic E-state index is 10.5. The molecule has 0 saturated carbocycles. The third kappa shape index (κ3) is 2.41. The molecule has 5 nitrogen and oxygen atoms in total. The Balaban J connectivity index is 3.64. The van der Waals surface area contributed by atoms with Crippen molar-refractivity contribution in [1.82, 2.24) is 5.43 Å². The molecule has 0 saturated heterocycles. The highest BCUT2D eigenvalue weighted by Gasteiger charge is 2.13. The summed E-state index contributed by atoms with van der Waals surface area (Å²) in [7, 11) is 2.70. The van der Waals surface area contributed by atoms with Crippen LogP contribution in [0.2, 0.25) is 0 Å². The van der Waals surface area contributed by atoms with Gasteiger partial charge in [-0.25, -0.2) is 5.84 Å². The number of hydrogen-bond donors (Lipinski definition) is 2. The van der Waals surface area contributed by atoms with Gasteiger partial charge in [-0.3, -0.25) is 10.2 Å². The molecule has 0 aromatic heterocycles. The summed E-state index contributed by atoms with van der Waals surface area (Å²) in [5, 5.41) is 0. The Labute approximate surface area is 53.1 Å². The van der Waals surface area contributed by atoms with E-state index in [-0.39, 0.29) is 0 Å². The van der Waals surface area contributed by atoms with E-state index in [1.807, 2.05) is 5.43 Å². The van der Waals surface area contributed by atoms with Gasteiger partial charge in [0.2, 0.25) is 6.29 Å². The van der Waals surface area contributed by atoms with Crippen LogP contribution in [0.1, 0.15) is 0 Å². The molecule has 0 fully saturated rings. The van der Waals surface area contributed by atoms with Crippen LogP contribution in [0.25, 0.3) is 0 Å². The van der Waals surface area contributed by atoms with Crippen molar-refractivity contribution in [2.75, 3.05) is 14.2 Å². The number of nitrogens with two attached hydrogens (primary N) is 1. The van der Waals surface area contributed by atoms with Crippen molar-refractivity contribution in [3.05, 3.63) is 0 Å². The van der Waals surface area contributed by atoms with Gasteiger partial charge in [-0.1, -0.05) is 0 Å². The lowest BCUT2D eigenvalue weighted by atomic mass is 10.6. The zero-order valence-electron chi connectivity index (χ0n) is 5.38. The Morgan fingerprint density at radius 1 is 1.56 bits per heavy atom. The van der Waals surface area contributed by atoms with E-state index in [0.29, 0.717) is 0 Å². The summed E-state index contributed by atoms with van der Waals surface area (Å²) in [5.41, 5.74) is 1.88. The zero-order valence-corrected chi connectivity index (χ0v) is 5.38. The van der Waals surface area contributed by atoms with Crippen LogP contribution in [0.3, 0.4) is 0 Å². The topological polar surface area (TPSA) is 73.6 Å². The van der Waals surface area contributed by atoms with Crippen molar-refractivity contribution in [2.45, 2.75) is 6.29 Å². The molecule has 0 atom stereocenters. The summed E-state index contributed by atoms with van der Waals surface area (Å²) in [6.45, 7) is 0. The number of ether oxygens (including phenoxy) is 2. The van der Waals surface area contributed by atoms with Crippen LogP contribution in [-0.4, -0.2) is 26.4 Å². The molecule has 3 N–H and O–H groups in total. The minimum Gasteiger partial charge on any atom is -0.348 e. The Hall–Kier alpha value is -0.650. The molecule has 0 bridgehead atoms. The van der Waals surface area contributed by atoms with Crippen LogP contribution in [0.4, 0.5) is 0 Å². The summed E-state index contributed by atoms with van der Waals surface area (Å²) in [6, 6.07) is 0. The molecule has 0 aromatic rings. The predicted octanol–water partition coefficient (Wildman–Crippen LogP) is -1.40. The molecule has 54 valence electrons. The van der Waals surface area contributed by atoms with E-state index in [9.17, 15) is 4.79 Å². The second-order valence-corrected chi connectivity index (χ2v) is 1.31. The number of rotatable bonds is 3. The SMILES string of the molecule is COC(OC)C(=O)NN. The van der Waals surface area contributed by atoms with E-state index in [1.165, 1.54) is 14.2 Å². The Kier molecular flexibility index (Phi) is 3.94. The monoisotopic (exact) mass is 134 g/mol. The van der Waals surface area contributed by atoms with Crippen molar-refractivity contribution >= 4 is 5.91 Å². The number of methoxy groups -OCH3 is 2. The van der Waals surface area contributed by atoms with Crippen molar-refractivity contribution < 1.29 is 14.3 Å². The predicted molar refractivity (Wildman–Crippen MR) is 30.1 cm³/mol.